The number of thiophene rings is 1. The summed E-state index contributed by atoms with van der Waals surface area (Å²) in [7, 11) is -1.83. The SMILES string of the molecule is Cc1csc(CO)c1S(=O)(=O)N(C)C1CCC(C)CC1. The van der Waals surface area contributed by atoms with Crippen LogP contribution in [0.5, 0.6) is 0 Å². The van der Waals surface area contributed by atoms with Gasteiger partial charge in [0.15, 0.2) is 0 Å². The molecule has 2 rings (SSSR count). The zero-order valence-corrected chi connectivity index (χ0v) is 13.9. The number of rotatable bonds is 4. The van der Waals surface area contributed by atoms with Crippen LogP contribution in [0.1, 0.15) is 43.0 Å². The van der Waals surface area contributed by atoms with Gasteiger partial charge in [0, 0.05) is 13.1 Å². The molecule has 0 bridgehead atoms. The minimum absolute atomic E-state index is 0.0852. The van der Waals surface area contributed by atoms with Gasteiger partial charge in [-0.15, -0.1) is 11.3 Å². The molecule has 0 amide bonds. The third-order valence-electron chi connectivity index (χ3n) is 4.27. The second-order valence-corrected chi connectivity index (χ2v) is 8.66. The van der Waals surface area contributed by atoms with Gasteiger partial charge in [-0.1, -0.05) is 6.92 Å². The molecule has 0 aliphatic heterocycles. The molecule has 1 aliphatic rings. The first-order valence-corrected chi connectivity index (χ1v) is 9.35. The topological polar surface area (TPSA) is 57.6 Å². The molecule has 20 heavy (non-hydrogen) atoms. The molecule has 0 radical (unpaired) electrons. The Morgan fingerprint density at radius 3 is 2.50 bits per heavy atom. The van der Waals surface area contributed by atoms with Crippen molar-refractivity contribution in [3.05, 3.63) is 15.8 Å². The first kappa shape index (κ1) is 15.9. The molecular formula is C14H23NO3S2. The summed E-state index contributed by atoms with van der Waals surface area (Å²) in [6.07, 6.45) is 4.02. The maximum absolute atomic E-state index is 12.8. The first-order valence-electron chi connectivity index (χ1n) is 7.03. The first-order chi connectivity index (χ1) is 9.37. The zero-order chi connectivity index (χ0) is 14.9. The molecule has 0 atom stereocenters. The minimum atomic E-state index is -3.50. The molecule has 1 heterocycles. The maximum Gasteiger partial charge on any atom is 0.244 e. The van der Waals surface area contributed by atoms with E-state index in [-0.39, 0.29) is 12.6 Å². The number of aliphatic hydroxyl groups excluding tert-OH is 1. The lowest BCUT2D eigenvalue weighted by Gasteiger charge is -2.33. The Hall–Kier alpha value is -0.430. The summed E-state index contributed by atoms with van der Waals surface area (Å²) in [5, 5.41) is 11.2. The summed E-state index contributed by atoms with van der Waals surface area (Å²) in [6, 6.07) is 0.0852. The van der Waals surface area contributed by atoms with Gasteiger partial charge in [-0.2, -0.15) is 4.31 Å². The normalized spacial score (nSPS) is 24.2. The van der Waals surface area contributed by atoms with Gasteiger partial charge in [0.1, 0.15) is 4.90 Å². The number of nitrogens with zero attached hydrogens (tertiary/aromatic N) is 1. The quantitative estimate of drug-likeness (QED) is 0.929. The second kappa shape index (κ2) is 6.13. The van der Waals surface area contributed by atoms with E-state index in [1.807, 2.05) is 0 Å². The van der Waals surface area contributed by atoms with E-state index in [2.05, 4.69) is 6.92 Å². The molecule has 1 aromatic rings. The van der Waals surface area contributed by atoms with Crippen LogP contribution in [-0.2, 0) is 16.6 Å². The predicted molar refractivity (Wildman–Crippen MR) is 81.3 cm³/mol. The molecule has 114 valence electrons. The average molecular weight is 317 g/mol. The van der Waals surface area contributed by atoms with Crippen molar-refractivity contribution >= 4 is 21.4 Å². The van der Waals surface area contributed by atoms with Gasteiger partial charge in [0.05, 0.1) is 11.5 Å². The third kappa shape index (κ3) is 2.93. The molecular weight excluding hydrogens is 294 g/mol. The molecule has 1 aliphatic carbocycles. The van der Waals surface area contributed by atoms with Crippen molar-refractivity contribution < 1.29 is 13.5 Å². The monoisotopic (exact) mass is 317 g/mol. The van der Waals surface area contributed by atoms with E-state index in [4.69, 9.17) is 0 Å². The second-order valence-electron chi connectivity index (χ2n) is 5.76. The van der Waals surface area contributed by atoms with Crippen LogP contribution >= 0.6 is 11.3 Å². The van der Waals surface area contributed by atoms with E-state index < -0.39 is 10.0 Å². The van der Waals surface area contributed by atoms with Crippen molar-refractivity contribution in [2.24, 2.45) is 5.92 Å². The predicted octanol–water partition coefficient (Wildman–Crippen LogP) is 2.75. The van der Waals surface area contributed by atoms with E-state index in [1.54, 1.807) is 19.4 Å². The Bertz CT molecular complexity index is 557. The summed E-state index contributed by atoms with van der Waals surface area (Å²) in [5.41, 5.74) is 0.732. The van der Waals surface area contributed by atoms with Crippen molar-refractivity contribution in [1.29, 1.82) is 0 Å². The lowest BCUT2D eigenvalue weighted by atomic mass is 9.87. The number of aryl methyl sites for hydroxylation is 1. The molecule has 4 nitrogen and oxygen atoms in total. The van der Waals surface area contributed by atoms with E-state index >= 15 is 0 Å². The Kier molecular flexibility index (Phi) is 4.89. The largest absolute Gasteiger partial charge is 0.391 e. The van der Waals surface area contributed by atoms with Crippen molar-refractivity contribution in [1.82, 2.24) is 4.31 Å². The number of aliphatic hydroxyl groups is 1. The van der Waals surface area contributed by atoms with Crippen LogP contribution in [-0.4, -0.2) is 30.9 Å². The van der Waals surface area contributed by atoms with Gasteiger partial charge in [0.25, 0.3) is 0 Å². The molecule has 6 heteroatoms. The smallest absolute Gasteiger partial charge is 0.244 e. The summed E-state index contributed by atoms with van der Waals surface area (Å²) < 4.78 is 27.1. The van der Waals surface area contributed by atoms with Crippen molar-refractivity contribution in [3.63, 3.8) is 0 Å². The van der Waals surface area contributed by atoms with E-state index in [0.717, 1.165) is 31.2 Å². The third-order valence-corrected chi connectivity index (χ3v) is 7.63. The molecule has 0 spiro atoms. The number of sulfonamides is 1. The van der Waals surface area contributed by atoms with Crippen LogP contribution in [0.3, 0.4) is 0 Å². The molecule has 1 aromatic heterocycles. The lowest BCUT2D eigenvalue weighted by molar-refractivity contribution is 0.245. The van der Waals surface area contributed by atoms with Crippen LogP contribution in [0, 0.1) is 12.8 Å². The maximum atomic E-state index is 12.8. The highest BCUT2D eigenvalue weighted by Crippen LogP contribution is 2.33. The fourth-order valence-electron chi connectivity index (χ4n) is 2.89. The van der Waals surface area contributed by atoms with Gasteiger partial charge in [-0.3, -0.25) is 0 Å². The summed E-state index contributed by atoms with van der Waals surface area (Å²) in [5.74, 6) is 0.693. The van der Waals surface area contributed by atoms with E-state index in [1.165, 1.54) is 15.6 Å². The van der Waals surface area contributed by atoms with E-state index in [0.29, 0.717) is 15.7 Å². The van der Waals surface area contributed by atoms with Crippen molar-refractivity contribution in [2.75, 3.05) is 7.05 Å². The Balaban J connectivity index is 2.27. The average Bonchev–Trinajstić information content (AvgIpc) is 2.80. The van der Waals surface area contributed by atoms with Crippen LogP contribution in [0.25, 0.3) is 0 Å². The standard InChI is InChI=1S/C14H23NO3S2/c1-10-4-6-12(7-5-10)15(3)20(17,18)14-11(2)9-19-13(14)8-16/h9-10,12,16H,4-8H2,1-3H3. The molecule has 0 unspecified atom stereocenters. The highest BCUT2D eigenvalue weighted by atomic mass is 32.2. The lowest BCUT2D eigenvalue weighted by Crippen LogP contribution is -2.39. The minimum Gasteiger partial charge on any atom is -0.391 e. The zero-order valence-electron chi connectivity index (χ0n) is 12.3. The van der Waals surface area contributed by atoms with Crippen LogP contribution in [0.2, 0.25) is 0 Å². The summed E-state index contributed by atoms with van der Waals surface area (Å²) >= 11 is 1.31. The molecule has 1 fully saturated rings. The van der Waals surface area contributed by atoms with Gasteiger partial charge >= 0.3 is 0 Å². The van der Waals surface area contributed by atoms with E-state index in [9.17, 15) is 13.5 Å². The fourth-order valence-corrected chi connectivity index (χ4v) is 5.91. The molecule has 0 aromatic carbocycles. The Morgan fingerprint density at radius 1 is 1.35 bits per heavy atom. The van der Waals surface area contributed by atoms with Gasteiger partial charge in [-0.25, -0.2) is 8.42 Å². The highest BCUT2D eigenvalue weighted by molar-refractivity contribution is 7.89. The van der Waals surface area contributed by atoms with Crippen molar-refractivity contribution in [2.45, 2.75) is 57.1 Å². The van der Waals surface area contributed by atoms with Crippen LogP contribution < -0.4 is 0 Å². The molecule has 1 saturated carbocycles. The molecule has 0 saturated heterocycles. The summed E-state index contributed by atoms with van der Waals surface area (Å²) in [4.78, 5) is 0.852. The number of hydrogen-bond acceptors (Lipinski definition) is 4. The molecule has 1 N–H and O–H groups in total. The van der Waals surface area contributed by atoms with Gasteiger partial charge < -0.3 is 5.11 Å². The van der Waals surface area contributed by atoms with Crippen LogP contribution in [0.4, 0.5) is 0 Å². The van der Waals surface area contributed by atoms with Crippen LogP contribution in [0.15, 0.2) is 10.3 Å². The number of hydrogen-bond donors (Lipinski definition) is 1. The Labute approximate surface area is 125 Å². The van der Waals surface area contributed by atoms with Crippen molar-refractivity contribution in [3.8, 4) is 0 Å². The summed E-state index contributed by atoms with van der Waals surface area (Å²) in [6.45, 7) is 3.79. The highest BCUT2D eigenvalue weighted by Gasteiger charge is 2.33. The van der Waals surface area contributed by atoms with Gasteiger partial charge in [-0.05, 0) is 49.5 Å². The van der Waals surface area contributed by atoms with Gasteiger partial charge in [0.2, 0.25) is 10.0 Å². The Morgan fingerprint density at radius 2 is 1.95 bits per heavy atom. The fraction of sp³-hybridized carbons (Fsp3) is 0.714.